The molecule has 104 valence electrons. The van der Waals surface area contributed by atoms with Crippen LogP contribution < -0.4 is 5.32 Å². The Hall–Kier alpha value is -1.39. The zero-order valence-corrected chi connectivity index (χ0v) is 11.5. The number of benzene rings is 1. The van der Waals surface area contributed by atoms with Crippen molar-refractivity contribution in [2.75, 3.05) is 13.6 Å². The van der Waals surface area contributed by atoms with Gasteiger partial charge in [0.2, 0.25) is 0 Å². The summed E-state index contributed by atoms with van der Waals surface area (Å²) in [7, 11) is 2.09. The molecule has 19 heavy (non-hydrogen) atoms. The number of rotatable bonds is 6. The summed E-state index contributed by atoms with van der Waals surface area (Å²) in [4.78, 5) is 14.2. The van der Waals surface area contributed by atoms with Gasteiger partial charge in [0, 0.05) is 18.6 Å². The summed E-state index contributed by atoms with van der Waals surface area (Å²) < 4.78 is 0. The molecule has 0 saturated heterocycles. The maximum Gasteiger partial charge on any atom is 0.253 e. The van der Waals surface area contributed by atoms with E-state index in [0.29, 0.717) is 24.2 Å². The van der Waals surface area contributed by atoms with E-state index in [9.17, 15) is 9.90 Å². The second kappa shape index (κ2) is 6.17. The molecule has 1 aliphatic rings. The molecule has 1 aromatic carbocycles. The summed E-state index contributed by atoms with van der Waals surface area (Å²) in [6.45, 7) is 2.66. The van der Waals surface area contributed by atoms with E-state index < -0.39 is 6.10 Å². The lowest BCUT2D eigenvalue weighted by atomic mass is 10.1. The summed E-state index contributed by atoms with van der Waals surface area (Å²) in [5.74, 6) is -0.331. The number of aliphatic hydroxyl groups is 1. The lowest BCUT2D eigenvalue weighted by Crippen LogP contribution is -2.42. The van der Waals surface area contributed by atoms with Crippen LogP contribution in [-0.2, 0) is 4.79 Å². The topological polar surface area (TPSA) is 52.6 Å². The summed E-state index contributed by atoms with van der Waals surface area (Å²) in [5.41, 5.74) is 0.628. The zero-order valence-electron chi connectivity index (χ0n) is 11.5. The van der Waals surface area contributed by atoms with Crippen molar-refractivity contribution in [2.45, 2.75) is 38.0 Å². The van der Waals surface area contributed by atoms with Crippen molar-refractivity contribution in [3.8, 4) is 0 Å². The van der Waals surface area contributed by atoms with Gasteiger partial charge in [0.05, 0.1) is 0 Å². The molecule has 2 N–H and O–H groups in total. The average Bonchev–Trinajstić information content (AvgIpc) is 3.28. The first-order chi connectivity index (χ1) is 9.09. The SMILES string of the molecule is CC(CNC(=O)C(O)c1ccccc1)N(C)C1CC1. The van der Waals surface area contributed by atoms with Crippen LogP contribution in [0.1, 0.15) is 31.4 Å². The summed E-state index contributed by atoms with van der Waals surface area (Å²) in [5, 5.41) is 12.8. The zero-order chi connectivity index (χ0) is 13.8. The van der Waals surface area contributed by atoms with E-state index in [0.717, 1.165) is 0 Å². The Kier molecular flexibility index (Phi) is 4.56. The number of nitrogens with zero attached hydrogens (tertiary/aromatic N) is 1. The third-order valence-corrected chi connectivity index (χ3v) is 3.75. The molecule has 4 nitrogen and oxygen atoms in total. The first-order valence-electron chi connectivity index (χ1n) is 6.82. The molecule has 0 aliphatic heterocycles. The van der Waals surface area contributed by atoms with Crippen molar-refractivity contribution in [2.24, 2.45) is 0 Å². The molecular formula is C15H22N2O2. The first-order valence-corrected chi connectivity index (χ1v) is 6.82. The van der Waals surface area contributed by atoms with Gasteiger partial charge in [0.25, 0.3) is 5.91 Å². The van der Waals surface area contributed by atoms with Crippen LogP contribution in [0.5, 0.6) is 0 Å². The Morgan fingerprint density at radius 2 is 2.05 bits per heavy atom. The van der Waals surface area contributed by atoms with E-state index in [2.05, 4.69) is 24.2 Å². The van der Waals surface area contributed by atoms with Gasteiger partial charge in [-0.1, -0.05) is 30.3 Å². The van der Waals surface area contributed by atoms with E-state index in [1.54, 1.807) is 12.1 Å². The minimum atomic E-state index is -1.08. The number of amides is 1. The van der Waals surface area contributed by atoms with Gasteiger partial charge in [-0.3, -0.25) is 9.69 Å². The number of likely N-dealkylation sites (N-methyl/N-ethyl adjacent to an activating group) is 1. The third kappa shape index (κ3) is 3.78. The van der Waals surface area contributed by atoms with Crippen molar-refractivity contribution in [1.29, 1.82) is 0 Å². The van der Waals surface area contributed by atoms with Gasteiger partial charge < -0.3 is 10.4 Å². The molecule has 2 unspecified atom stereocenters. The maximum absolute atomic E-state index is 11.9. The second-order valence-electron chi connectivity index (χ2n) is 5.30. The van der Waals surface area contributed by atoms with Crippen LogP contribution in [0, 0.1) is 0 Å². The standard InChI is InChI=1S/C15H22N2O2/c1-11(17(2)13-8-9-13)10-16-15(19)14(18)12-6-4-3-5-7-12/h3-7,11,13-14,18H,8-10H2,1-2H3,(H,16,19). The number of carbonyl (C=O) groups excluding carboxylic acids is 1. The molecular weight excluding hydrogens is 240 g/mol. The molecule has 4 heteroatoms. The maximum atomic E-state index is 11.9. The van der Waals surface area contributed by atoms with Crippen molar-refractivity contribution in [3.63, 3.8) is 0 Å². The number of hydrogen-bond donors (Lipinski definition) is 2. The second-order valence-corrected chi connectivity index (χ2v) is 5.30. The minimum absolute atomic E-state index is 0.291. The number of carbonyl (C=O) groups is 1. The monoisotopic (exact) mass is 262 g/mol. The van der Waals surface area contributed by atoms with Crippen LogP contribution in [0.2, 0.25) is 0 Å². The highest BCUT2D eigenvalue weighted by molar-refractivity contribution is 5.81. The van der Waals surface area contributed by atoms with Crippen LogP contribution in [0.3, 0.4) is 0 Å². The van der Waals surface area contributed by atoms with Gasteiger partial charge in [-0.25, -0.2) is 0 Å². The summed E-state index contributed by atoms with van der Waals surface area (Å²) >= 11 is 0. The van der Waals surface area contributed by atoms with Crippen molar-refractivity contribution >= 4 is 5.91 Å². The largest absolute Gasteiger partial charge is 0.378 e. The highest BCUT2D eigenvalue weighted by Crippen LogP contribution is 2.26. The van der Waals surface area contributed by atoms with Gasteiger partial charge in [0.1, 0.15) is 0 Å². The summed E-state index contributed by atoms with van der Waals surface area (Å²) in [6, 6.07) is 9.96. The van der Waals surface area contributed by atoms with Gasteiger partial charge in [-0.15, -0.1) is 0 Å². The van der Waals surface area contributed by atoms with Crippen molar-refractivity contribution < 1.29 is 9.90 Å². The van der Waals surface area contributed by atoms with Crippen LogP contribution in [0.25, 0.3) is 0 Å². The van der Waals surface area contributed by atoms with Gasteiger partial charge in [-0.2, -0.15) is 0 Å². The summed E-state index contributed by atoms with van der Waals surface area (Å²) in [6.07, 6.45) is 1.42. The average molecular weight is 262 g/mol. The molecule has 2 atom stereocenters. The number of aliphatic hydroxyl groups excluding tert-OH is 1. The van der Waals surface area contributed by atoms with Crippen molar-refractivity contribution in [1.82, 2.24) is 10.2 Å². The molecule has 1 saturated carbocycles. The number of hydrogen-bond acceptors (Lipinski definition) is 3. The van der Waals surface area contributed by atoms with E-state index >= 15 is 0 Å². The molecule has 2 rings (SSSR count). The fourth-order valence-electron chi connectivity index (χ4n) is 2.12. The van der Waals surface area contributed by atoms with E-state index in [4.69, 9.17) is 0 Å². The predicted molar refractivity (Wildman–Crippen MR) is 74.7 cm³/mol. The Bertz CT molecular complexity index is 417. The Morgan fingerprint density at radius 3 is 2.63 bits per heavy atom. The Morgan fingerprint density at radius 1 is 1.42 bits per heavy atom. The van der Waals surface area contributed by atoms with Crippen LogP contribution in [0.15, 0.2) is 30.3 Å². The normalized spacial score (nSPS) is 18.1. The smallest absolute Gasteiger partial charge is 0.253 e. The Balaban J connectivity index is 1.80. The molecule has 1 aliphatic carbocycles. The van der Waals surface area contributed by atoms with Crippen LogP contribution in [-0.4, -0.2) is 41.6 Å². The highest BCUT2D eigenvalue weighted by atomic mass is 16.3. The van der Waals surface area contributed by atoms with Gasteiger partial charge in [-0.05, 0) is 32.4 Å². The first kappa shape index (κ1) is 14.0. The van der Waals surface area contributed by atoms with E-state index in [1.165, 1.54) is 12.8 Å². The minimum Gasteiger partial charge on any atom is -0.378 e. The molecule has 0 bridgehead atoms. The Labute approximate surface area is 114 Å². The van der Waals surface area contributed by atoms with Crippen molar-refractivity contribution in [3.05, 3.63) is 35.9 Å². The molecule has 1 amide bonds. The quantitative estimate of drug-likeness (QED) is 0.813. The molecule has 1 aromatic rings. The van der Waals surface area contributed by atoms with Gasteiger partial charge >= 0.3 is 0 Å². The van der Waals surface area contributed by atoms with Crippen LogP contribution in [0.4, 0.5) is 0 Å². The molecule has 0 heterocycles. The van der Waals surface area contributed by atoms with Crippen LogP contribution >= 0.6 is 0 Å². The molecule has 1 fully saturated rings. The number of nitrogens with one attached hydrogen (secondary N) is 1. The van der Waals surface area contributed by atoms with E-state index in [-0.39, 0.29) is 5.91 Å². The molecule has 0 radical (unpaired) electrons. The molecule has 0 spiro atoms. The third-order valence-electron chi connectivity index (χ3n) is 3.75. The van der Waals surface area contributed by atoms with Gasteiger partial charge in [0.15, 0.2) is 6.10 Å². The molecule has 0 aromatic heterocycles. The lowest BCUT2D eigenvalue weighted by Gasteiger charge is -2.25. The fourth-order valence-corrected chi connectivity index (χ4v) is 2.12. The fraction of sp³-hybridized carbons (Fsp3) is 0.533. The predicted octanol–water partition coefficient (Wildman–Crippen LogP) is 1.32. The lowest BCUT2D eigenvalue weighted by molar-refractivity contribution is -0.129. The highest BCUT2D eigenvalue weighted by Gasteiger charge is 2.29. The van der Waals surface area contributed by atoms with E-state index in [1.807, 2.05) is 18.2 Å².